The molecular weight excluding hydrogens is 264 g/mol. The van der Waals surface area contributed by atoms with Gasteiger partial charge in [-0.2, -0.15) is 5.10 Å². The molecule has 1 atom stereocenters. The zero-order valence-corrected chi connectivity index (χ0v) is 12.9. The molecule has 0 radical (unpaired) electrons. The monoisotopic (exact) mass is 288 g/mol. The van der Waals surface area contributed by atoms with Crippen molar-refractivity contribution in [2.45, 2.75) is 26.8 Å². The van der Waals surface area contributed by atoms with Gasteiger partial charge in [-0.15, -0.1) is 0 Å². The van der Waals surface area contributed by atoms with E-state index in [4.69, 9.17) is 4.42 Å². The first-order chi connectivity index (χ1) is 10.3. The maximum atomic E-state index is 5.67. The number of aromatic amines is 1. The van der Waals surface area contributed by atoms with Gasteiger partial charge in [-0.25, -0.2) is 0 Å². The smallest absolute Gasteiger partial charge is 0.152 e. The van der Waals surface area contributed by atoms with Gasteiger partial charge in [0.2, 0.25) is 0 Å². The van der Waals surface area contributed by atoms with Gasteiger partial charge in [0.05, 0.1) is 6.20 Å². The van der Waals surface area contributed by atoms with Crippen molar-refractivity contribution in [2.75, 3.05) is 26.2 Å². The van der Waals surface area contributed by atoms with E-state index in [1.165, 1.54) is 26.1 Å². The molecule has 1 fully saturated rings. The van der Waals surface area contributed by atoms with Gasteiger partial charge in [-0.1, -0.05) is 6.92 Å². The van der Waals surface area contributed by atoms with Crippen LogP contribution in [0, 0.1) is 12.8 Å². The molecule has 0 aliphatic carbocycles. The highest BCUT2D eigenvalue weighted by atomic mass is 16.3. The van der Waals surface area contributed by atoms with Crippen molar-refractivity contribution in [1.29, 1.82) is 0 Å². The van der Waals surface area contributed by atoms with Crippen molar-refractivity contribution in [1.82, 2.24) is 20.4 Å². The number of furan rings is 1. The number of rotatable bonds is 6. The van der Waals surface area contributed by atoms with E-state index >= 15 is 0 Å². The average molecular weight is 288 g/mol. The largest absolute Gasteiger partial charge is 0.460 e. The lowest BCUT2D eigenvalue weighted by molar-refractivity contribution is 0.339. The van der Waals surface area contributed by atoms with Crippen LogP contribution >= 0.6 is 0 Å². The zero-order valence-electron chi connectivity index (χ0n) is 12.9. The molecule has 5 heteroatoms. The van der Waals surface area contributed by atoms with Crippen molar-refractivity contribution >= 4 is 0 Å². The second-order valence-corrected chi connectivity index (χ2v) is 5.86. The summed E-state index contributed by atoms with van der Waals surface area (Å²) in [6.45, 7) is 9.72. The highest BCUT2D eigenvalue weighted by Gasteiger charge is 2.20. The van der Waals surface area contributed by atoms with Crippen molar-refractivity contribution < 1.29 is 4.42 Å². The van der Waals surface area contributed by atoms with Gasteiger partial charge in [0.1, 0.15) is 11.5 Å². The Morgan fingerprint density at radius 3 is 3.10 bits per heavy atom. The number of aryl methyl sites for hydroxylation is 1. The van der Waals surface area contributed by atoms with Crippen molar-refractivity contribution in [2.24, 2.45) is 5.92 Å². The van der Waals surface area contributed by atoms with Crippen LogP contribution in [0.2, 0.25) is 0 Å². The number of nitrogens with one attached hydrogen (secondary N) is 2. The van der Waals surface area contributed by atoms with Crippen LogP contribution in [0.4, 0.5) is 0 Å². The summed E-state index contributed by atoms with van der Waals surface area (Å²) >= 11 is 0. The summed E-state index contributed by atoms with van der Waals surface area (Å²) in [5.74, 6) is 2.55. The molecule has 1 aliphatic rings. The second kappa shape index (κ2) is 6.45. The van der Waals surface area contributed by atoms with Crippen LogP contribution in [0.1, 0.15) is 24.7 Å². The number of aromatic nitrogens is 2. The standard InChI is InChI=1S/C16H24N4O/c1-3-20-7-6-13(11-20)8-17-9-14-10-18-19-16(14)15-5-4-12(2)21-15/h4-5,10,13,17H,3,6-9,11H2,1-2H3,(H,18,19). The fraction of sp³-hybridized carbons (Fsp3) is 0.562. The summed E-state index contributed by atoms with van der Waals surface area (Å²) in [4.78, 5) is 2.52. The zero-order chi connectivity index (χ0) is 14.7. The summed E-state index contributed by atoms with van der Waals surface area (Å²) in [7, 11) is 0. The average Bonchev–Trinajstić information content (AvgIpc) is 3.19. The maximum absolute atomic E-state index is 5.67. The maximum Gasteiger partial charge on any atom is 0.152 e. The third kappa shape index (κ3) is 3.36. The Bertz CT molecular complexity index is 574. The number of hydrogen-bond acceptors (Lipinski definition) is 4. The lowest BCUT2D eigenvalue weighted by Crippen LogP contribution is -2.26. The normalized spacial score (nSPS) is 19.4. The van der Waals surface area contributed by atoms with Crippen LogP contribution in [0.25, 0.3) is 11.5 Å². The SMILES string of the molecule is CCN1CCC(CNCc2cn[nH]c2-c2ccc(C)o2)C1. The molecule has 0 aromatic carbocycles. The van der Waals surface area contributed by atoms with Gasteiger partial charge in [0, 0.05) is 18.7 Å². The molecule has 0 bridgehead atoms. The van der Waals surface area contributed by atoms with Gasteiger partial charge in [-0.3, -0.25) is 5.10 Å². The summed E-state index contributed by atoms with van der Waals surface area (Å²) in [5, 5.41) is 10.8. The Kier molecular flexibility index (Phi) is 4.41. The first-order valence-electron chi connectivity index (χ1n) is 7.78. The Hall–Kier alpha value is -1.59. The predicted octanol–water partition coefficient (Wildman–Crippen LogP) is 2.41. The van der Waals surface area contributed by atoms with E-state index < -0.39 is 0 Å². The fourth-order valence-electron chi connectivity index (χ4n) is 3.01. The lowest BCUT2D eigenvalue weighted by Gasteiger charge is -2.13. The van der Waals surface area contributed by atoms with E-state index in [2.05, 4.69) is 27.3 Å². The van der Waals surface area contributed by atoms with Crippen LogP contribution < -0.4 is 5.32 Å². The molecule has 0 spiro atoms. The van der Waals surface area contributed by atoms with E-state index in [0.29, 0.717) is 0 Å². The highest BCUT2D eigenvalue weighted by Crippen LogP contribution is 2.23. The number of H-pyrrole nitrogens is 1. The van der Waals surface area contributed by atoms with Gasteiger partial charge in [0.15, 0.2) is 5.76 Å². The minimum absolute atomic E-state index is 0.770. The second-order valence-electron chi connectivity index (χ2n) is 5.86. The van der Waals surface area contributed by atoms with E-state index in [1.807, 2.05) is 25.3 Å². The molecule has 114 valence electrons. The van der Waals surface area contributed by atoms with Gasteiger partial charge in [-0.05, 0) is 51.0 Å². The third-order valence-electron chi connectivity index (χ3n) is 4.27. The first-order valence-corrected chi connectivity index (χ1v) is 7.78. The topological polar surface area (TPSA) is 57.1 Å². The molecule has 3 heterocycles. The molecule has 21 heavy (non-hydrogen) atoms. The molecule has 0 amide bonds. The van der Waals surface area contributed by atoms with E-state index in [9.17, 15) is 0 Å². The molecule has 2 aromatic rings. The van der Waals surface area contributed by atoms with Gasteiger partial charge >= 0.3 is 0 Å². The quantitative estimate of drug-likeness (QED) is 0.857. The molecule has 0 saturated carbocycles. The number of likely N-dealkylation sites (tertiary alicyclic amines) is 1. The van der Waals surface area contributed by atoms with E-state index in [0.717, 1.165) is 41.8 Å². The van der Waals surface area contributed by atoms with Gasteiger partial charge < -0.3 is 14.6 Å². The Balaban J connectivity index is 1.53. The molecule has 2 N–H and O–H groups in total. The van der Waals surface area contributed by atoms with Crippen LogP contribution in [0.5, 0.6) is 0 Å². The molecule has 5 nitrogen and oxygen atoms in total. The summed E-state index contributed by atoms with van der Waals surface area (Å²) in [5.41, 5.74) is 2.15. The summed E-state index contributed by atoms with van der Waals surface area (Å²) in [6, 6.07) is 3.97. The highest BCUT2D eigenvalue weighted by molar-refractivity contribution is 5.56. The fourth-order valence-corrected chi connectivity index (χ4v) is 3.01. The molecule has 3 rings (SSSR count). The number of nitrogens with zero attached hydrogens (tertiary/aromatic N) is 2. The minimum Gasteiger partial charge on any atom is -0.460 e. The van der Waals surface area contributed by atoms with Crippen molar-refractivity contribution in [3.8, 4) is 11.5 Å². The van der Waals surface area contributed by atoms with Crippen LogP contribution in [-0.2, 0) is 6.54 Å². The third-order valence-corrected chi connectivity index (χ3v) is 4.27. The summed E-state index contributed by atoms with van der Waals surface area (Å²) in [6.07, 6.45) is 3.18. The van der Waals surface area contributed by atoms with E-state index in [1.54, 1.807) is 0 Å². The van der Waals surface area contributed by atoms with Crippen LogP contribution in [0.15, 0.2) is 22.7 Å². The number of hydrogen-bond donors (Lipinski definition) is 2. The Labute approximate surface area is 125 Å². The van der Waals surface area contributed by atoms with Crippen LogP contribution in [-0.4, -0.2) is 41.3 Å². The molecule has 1 aliphatic heterocycles. The first kappa shape index (κ1) is 14.4. The minimum atomic E-state index is 0.770. The van der Waals surface area contributed by atoms with Gasteiger partial charge in [0.25, 0.3) is 0 Å². The summed E-state index contributed by atoms with van der Waals surface area (Å²) < 4.78 is 5.67. The molecule has 1 unspecified atom stereocenters. The van der Waals surface area contributed by atoms with E-state index in [-0.39, 0.29) is 0 Å². The van der Waals surface area contributed by atoms with Crippen molar-refractivity contribution in [3.05, 3.63) is 29.7 Å². The molecule has 1 saturated heterocycles. The Morgan fingerprint density at radius 2 is 2.38 bits per heavy atom. The lowest BCUT2D eigenvalue weighted by atomic mass is 10.1. The molecular formula is C16H24N4O. The van der Waals surface area contributed by atoms with Crippen LogP contribution in [0.3, 0.4) is 0 Å². The molecule has 2 aromatic heterocycles. The Morgan fingerprint density at radius 1 is 1.48 bits per heavy atom. The predicted molar refractivity (Wildman–Crippen MR) is 83.0 cm³/mol. The van der Waals surface area contributed by atoms with Crippen molar-refractivity contribution in [3.63, 3.8) is 0 Å².